The van der Waals surface area contributed by atoms with Crippen molar-refractivity contribution in [2.45, 2.75) is 19.4 Å². The molecule has 0 aliphatic carbocycles. The summed E-state index contributed by atoms with van der Waals surface area (Å²) in [5, 5.41) is 21.5. The van der Waals surface area contributed by atoms with E-state index in [1.807, 2.05) is 13.8 Å². The molecule has 0 amide bonds. The van der Waals surface area contributed by atoms with Crippen LogP contribution in [0.4, 0.5) is 5.69 Å². The molecule has 8 nitrogen and oxygen atoms in total. The molecular formula is C18H21N5O3. The van der Waals surface area contributed by atoms with Crippen LogP contribution in [0.1, 0.15) is 19.4 Å². The van der Waals surface area contributed by atoms with E-state index in [4.69, 9.17) is 0 Å². The third kappa shape index (κ3) is 3.59. The molecule has 0 radical (unpaired) electrons. The minimum absolute atomic E-state index is 0.163. The smallest absolute Gasteiger partial charge is 0.285 e. The summed E-state index contributed by atoms with van der Waals surface area (Å²) in [7, 11) is 2.09. The van der Waals surface area contributed by atoms with Crippen molar-refractivity contribution in [3.8, 4) is 17.7 Å². The Kier molecular flexibility index (Phi) is 4.76. The van der Waals surface area contributed by atoms with E-state index in [0.717, 1.165) is 26.2 Å². The van der Waals surface area contributed by atoms with Crippen molar-refractivity contribution in [2.75, 3.05) is 33.2 Å². The van der Waals surface area contributed by atoms with Crippen molar-refractivity contribution in [2.24, 2.45) is 0 Å². The van der Waals surface area contributed by atoms with Crippen LogP contribution in [0.5, 0.6) is 5.88 Å². The van der Waals surface area contributed by atoms with Gasteiger partial charge in [0.25, 0.3) is 5.69 Å². The number of aromatic hydroxyl groups is 1. The molecule has 8 heteroatoms. The fraction of sp³-hybridized carbons (Fsp3) is 0.444. The Labute approximate surface area is 151 Å². The number of hydrogen-bond donors (Lipinski definition) is 1. The molecule has 0 bridgehead atoms. The Bertz CT molecular complexity index is 908. The lowest BCUT2D eigenvalue weighted by Gasteiger charge is -2.40. The number of nitrogens with zero attached hydrogens (tertiary/aromatic N) is 5. The molecule has 2 aromatic rings. The maximum atomic E-state index is 11.4. The molecule has 0 unspecified atom stereocenters. The van der Waals surface area contributed by atoms with Crippen molar-refractivity contribution in [1.29, 1.82) is 0 Å². The van der Waals surface area contributed by atoms with Gasteiger partial charge in [-0.3, -0.25) is 15.0 Å². The van der Waals surface area contributed by atoms with Crippen LogP contribution in [0.3, 0.4) is 0 Å². The molecule has 136 valence electrons. The van der Waals surface area contributed by atoms with Crippen molar-refractivity contribution in [3.63, 3.8) is 0 Å². The van der Waals surface area contributed by atoms with Crippen LogP contribution in [-0.2, 0) is 0 Å². The highest BCUT2D eigenvalue weighted by molar-refractivity contribution is 5.87. The van der Waals surface area contributed by atoms with E-state index in [1.165, 1.54) is 18.5 Å². The van der Waals surface area contributed by atoms with E-state index in [1.54, 1.807) is 0 Å². The number of benzene rings is 1. The van der Waals surface area contributed by atoms with E-state index in [2.05, 4.69) is 38.7 Å². The van der Waals surface area contributed by atoms with Crippen molar-refractivity contribution in [3.05, 3.63) is 34.1 Å². The van der Waals surface area contributed by atoms with E-state index < -0.39 is 10.5 Å². The number of likely N-dealkylation sites (N-methyl/N-ethyl adjacent to an activating group) is 1. The van der Waals surface area contributed by atoms with Crippen LogP contribution in [0.15, 0.2) is 18.5 Å². The lowest BCUT2D eigenvalue weighted by atomic mass is 10.0. The molecule has 1 N–H and O–H groups in total. The van der Waals surface area contributed by atoms with Gasteiger partial charge in [-0.1, -0.05) is 11.8 Å². The molecule has 0 atom stereocenters. The number of aromatic nitrogens is 2. The maximum absolute atomic E-state index is 11.4. The zero-order valence-electron chi connectivity index (χ0n) is 15.1. The first kappa shape index (κ1) is 18.0. The lowest BCUT2D eigenvalue weighted by Crippen LogP contribution is -2.53. The summed E-state index contributed by atoms with van der Waals surface area (Å²) in [6.07, 6.45) is 1.22. The van der Waals surface area contributed by atoms with Gasteiger partial charge in [0.2, 0.25) is 5.88 Å². The molecule has 2 heterocycles. The van der Waals surface area contributed by atoms with Gasteiger partial charge in [0.1, 0.15) is 11.9 Å². The first-order valence-electron chi connectivity index (χ1n) is 8.37. The van der Waals surface area contributed by atoms with Gasteiger partial charge in [-0.15, -0.1) is 0 Å². The Balaban J connectivity index is 1.99. The molecule has 0 saturated carbocycles. The molecule has 26 heavy (non-hydrogen) atoms. The van der Waals surface area contributed by atoms with Gasteiger partial charge < -0.3 is 10.0 Å². The van der Waals surface area contributed by atoms with Gasteiger partial charge in [0.15, 0.2) is 0 Å². The van der Waals surface area contributed by atoms with E-state index in [-0.39, 0.29) is 22.5 Å². The summed E-state index contributed by atoms with van der Waals surface area (Å²) >= 11 is 0. The lowest BCUT2D eigenvalue weighted by molar-refractivity contribution is -0.385. The second-order valence-corrected chi connectivity index (χ2v) is 6.94. The summed E-state index contributed by atoms with van der Waals surface area (Å²) in [6, 6.07) is 2.81. The highest BCUT2D eigenvalue weighted by Gasteiger charge is 2.27. The first-order chi connectivity index (χ1) is 12.3. The number of rotatable bonds is 2. The summed E-state index contributed by atoms with van der Waals surface area (Å²) in [6.45, 7) is 7.78. The minimum Gasteiger partial charge on any atom is -0.493 e. The summed E-state index contributed by atoms with van der Waals surface area (Å²) < 4.78 is 0. The molecular weight excluding hydrogens is 334 g/mol. The molecule has 3 rings (SSSR count). The summed E-state index contributed by atoms with van der Waals surface area (Å²) in [4.78, 5) is 23.2. The monoisotopic (exact) mass is 355 g/mol. The largest absolute Gasteiger partial charge is 0.493 e. The van der Waals surface area contributed by atoms with Crippen LogP contribution >= 0.6 is 0 Å². The third-order valence-electron chi connectivity index (χ3n) is 4.73. The zero-order valence-corrected chi connectivity index (χ0v) is 15.1. The Morgan fingerprint density at radius 2 is 1.92 bits per heavy atom. The highest BCUT2D eigenvalue weighted by Crippen LogP contribution is 2.28. The predicted molar refractivity (Wildman–Crippen MR) is 97.9 cm³/mol. The average Bonchev–Trinajstić information content (AvgIpc) is 2.60. The Hall–Kier alpha value is -2.76. The summed E-state index contributed by atoms with van der Waals surface area (Å²) in [5.41, 5.74) is 0.134. The molecule has 1 aliphatic heterocycles. The quantitative estimate of drug-likeness (QED) is 0.497. The fourth-order valence-corrected chi connectivity index (χ4v) is 2.99. The van der Waals surface area contributed by atoms with Gasteiger partial charge in [-0.05, 0) is 27.0 Å². The van der Waals surface area contributed by atoms with E-state index in [0.29, 0.717) is 5.52 Å². The molecule has 1 aromatic carbocycles. The van der Waals surface area contributed by atoms with E-state index in [9.17, 15) is 15.2 Å². The Morgan fingerprint density at radius 3 is 2.58 bits per heavy atom. The number of nitro groups is 1. The SMILES string of the molecule is CN1CCN(C(C)(C)C#Cc2cc3ncnc(O)c3cc2[N+](=O)[O-])CC1. The van der Waals surface area contributed by atoms with Crippen LogP contribution < -0.4 is 0 Å². The number of hydrogen-bond acceptors (Lipinski definition) is 7. The molecule has 1 fully saturated rings. The van der Waals surface area contributed by atoms with Gasteiger partial charge in [-0.25, -0.2) is 9.97 Å². The molecule has 1 aromatic heterocycles. The Morgan fingerprint density at radius 1 is 1.23 bits per heavy atom. The molecule has 0 spiro atoms. The molecule has 1 aliphatic rings. The van der Waals surface area contributed by atoms with Gasteiger partial charge in [0.05, 0.1) is 21.4 Å². The second-order valence-electron chi connectivity index (χ2n) is 6.94. The van der Waals surface area contributed by atoms with Crippen molar-refractivity contribution < 1.29 is 10.0 Å². The van der Waals surface area contributed by atoms with Crippen LogP contribution in [-0.4, -0.2) is 68.6 Å². The summed E-state index contributed by atoms with van der Waals surface area (Å²) in [5.74, 6) is 5.87. The number of nitro benzene ring substituents is 1. The standard InChI is InChI=1S/C18H21N5O3/c1-18(2,22-8-6-21(3)7-9-22)5-4-13-10-15-14(11-16(13)23(25)26)17(24)20-12-19-15/h10-12H,6-9H2,1-3H3,(H,19,20,24). The molecule has 1 saturated heterocycles. The first-order valence-corrected chi connectivity index (χ1v) is 8.37. The normalized spacial score (nSPS) is 16.3. The minimum atomic E-state index is -0.501. The van der Waals surface area contributed by atoms with Gasteiger partial charge in [-0.2, -0.15) is 0 Å². The van der Waals surface area contributed by atoms with Crippen LogP contribution in [0, 0.1) is 22.0 Å². The van der Waals surface area contributed by atoms with Crippen molar-refractivity contribution in [1.82, 2.24) is 19.8 Å². The van der Waals surface area contributed by atoms with E-state index >= 15 is 0 Å². The maximum Gasteiger partial charge on any atom is 0.285 e. The highest BCUT2D eigenvalue weighted by atomic mass is 16.6. The fourth-order valence-electron chi connectivity index (χ4n) is 2.99. The number of fused-ring (bicyclic) bond motifs is 1. The van der Waals surface area contributed by atoms with Gasteiger partial charge in [0, 0.05) is 32.2 Å². The number of piperazine rings is 1. The second kappa shape index (κ2) is 6.86. The topological polar surface area (TPSA) is 95.6 Å². The van der Waals surface area contributed by atoms with Gasteiger partial charge >= 0.3 is 0 Å². The zero-order chi connectivity index (χ0) is 18.9. The third-order valence-corrected chi connectivity index (χ3v) is 4.73. The average molecular weight is 355 g/mol. The van der Waals surface area contributed by atoms with Crippen LogP contribution in [0.25, 0.3) is 10.9 Å². The predicted octanol–water partition coefficient (Wildman–Crippen LogP) is 1.62. The van der Waals surface area contributed by atoms with Crippen molar-refractivity contribution >= 4 is 16.6 Å². The van der Waals surface area contributed by atoms with Crippen LogP contribution in [0.2, 0.25) is 0 Å².